The summed E-state index contributed by atoms with van der Waals surface area (Å²) in [5.74, 6) is 0.905. The maximum atomic E-state index is 11.1. The molecule has 1 unspecified atom stereocenters. The van der Waals surface area contributed by atoms with E-state index in [2.05, 4.69) is 5.32 Å². The molecule has 0 saturated heterocycles. The van der Waals surface area contributed by atoms with Crippen molar-refractivity contribution >= 4 is 29.3 Å². The minimum atomic E-state index is -0.745. The maximum absolute atomic E-state index is 11.1. The Morgan fingerprint density at radius 3 is 2.84 bits per heavy atom. The Labute approximate surface area is 122 Å². The number of benzene rings is 1. The topological polar surface area (TPSA) is 49.3 Å². The molecule has 3 nitrogen and oxygen atoms in total. The highest BCUT2D eigenvalue weighted by Gasteiger charge is 2.27. The molecule has 19 heavy (non-hydrogen) atoms. The van der Waals surface area contributed by atoms with Crippen molar-refractivity contribution < 1.29 is 9.90 Å². The van der Waals surface area contributed by atoms with E-state index in [-0.39, 0.29) is 0 Å². The molecule has 0 aromatic heterocycles. The molecule has 1 saturated carbocycles. The second kappa shape index (κ2) is 7.17. The third kappa shape index (κ3) is 5.05. The predicted octanol–water partition coefficient (Wildman–Crippen LogP) is 3.17. The van der Waals surface area contributed by atoms with Gasteiger partial charge in [0.2, 0.25) is 0 Å². The van der Waals surface area contributed by atoms with Crippen molar-refractivity contribution in [1.29, 1.82) is 0 Å². The molecule has 1 atom stereocenters. The molecule has 0 radical (unpaired) electrons. The zero-order chi connectivity index (χ0) is 13.7. The number of halogens is 1. The number of hydrogen-bond acceptors (Lipinski definition) is 3. The van der Waals surface area contributed by atoms with E-state index in [0.717, 1.165) is 34.9 Å². The van der Waals surface area contributed by atoms with Crippen LogP contribution in [0.5, 0.6) is 0 Å². The Balaban J connectivity index is 1.70. The fourth-order valence-electron chi connectivity index (χ4n) is 1.81. The largest absolute Gasteiger partial charge is 0.480 e. The average Bonchev–Trinajstić information content (AvgIpc) is 3.18. The van der Waals surface area contributed by atoms with Crippen LogP contribution in [-0.4, -0.2) is 28.9 Å². The van der Waals surface area contributed by atoms with Crippen molar-refractivity contribution in [2.24, 2.45) is 0 Å². The summed E-state index contributed by atoms with van der Waals surface area (Å²) in [5, 5.41) is 13.1. The van der Waals surface area contributed by atoms with Gasteiger partial charge in [0.1, 0.15) is 6.04 Å². The number of nitrogens with one attached hydrogen (secondary N) is 1. The van der Waals surface area contributed by atoms with Crippen LogP contribution in [0, 0.1) is 0 Å². The van der Waals surface area contributed by atoms with E-state index in [0.29, 0.717) is 12.5 Å². The minimum absolute atomic E-state index is 0.411. The van der Waals surface area contributed by atoms with E-state index >= 15 is 0 Å². The first-order chi connectivity index (χ1) is 9.16. The highest BCUT2D eigenvalue weighted by Crippen LogP contribution is 2.23. The molecule has 5 heteroatoms. The van der Waals surface area contributed by atoms with E-state index in [4.69, 9.17) is 16.7 Å². The zero-order valence-electron chi connectivity index (χ0n) is 10.6. The molecule has 104 valence electrons. The molecule has 1 aromatic rings. The molecule has 0 amide bonds. The minimum Gasteiger partial charge on any atom is -0.480 e. The van der Waals surface area contributed by atoms with Crippen molar-refractivity contribution in [3.8, 4) is 0 Å². The van der Waals surface area contributed by atoms with Gasteiger partial charge in [0.15, 0.2) is 0 Å². The van der Waals surface area contributed by atoms with Crippen molar-refractivity contribution in [2.45, 2.75) is 37.1 Å². The first-order valence-corrected chi connectivity index (χ1v) is 8.00. The second-order valence-corrected chi connectivity index (χ2v) is 6.28. The van der Waals surface area contributed by atoms with Gasteiger partial charge >= 0.3 is 5.97 Å². The molecular weight excluding hydrogens is 282 g/mol. The van der Waals surface area contributed by atoms with Gasteiger partial charge in [0, 0.05) is 16.8 Å². The molecular formula is C14H18ClNO2S. The van der Waals surface area contributed by atoms with Gasteiger partial charge in [-0.15, -0.1) is 0 Å². The highest BCUT2D eigenvalue weighted by atomic mass is 35.5. The van der Waals surface area contributed by atoms with Gasteiger partial charge in [-0.3, -0.25) is 4.79 Å². The third-order valence-corrected chi connectivity index (χ3v) is 4.49. The summed E-state index contributed by atoms with van der Waals surface area (Å²) in [7, 11) is 0. The molecule has 2 N–H and O–H groups in total. The number of thioether (sulfide) groups is 1. The number of aliphatic carboxylic acids is 1. The van der Waals surface area contributed by atoms with Gasteiger partial charge < -0.3 is 10.4 Å². The van der Waals surface area contributed by atoms with Gasteiger partial charge in [-0.1, -0.05) is 29.8 Å². The van der Waals surface area contributed by atoms with E-state index in [1.54, 1.807) is 11.8 Å². The van der Waals surface area contributed by atoms with E-state index in [1.807, 2.05) is 24.3 Å². The quantitative estimate of drug-likeness (QED) is 0.724. The first-order valence-electron chi connectivity index (χ1n) is 6.47. The van der Waals surface area contributed by atoms with Gasteiger partial charge in [-0.05, 0) is 36.6 Å². The van der Waals surface area contributed by atoms with Crippen molar-refractivity contribution in [1.82, 2.24) is 5.32 Å². The third-order valence-electron chi connectivity index (χ3n) is 3.08. The molecule has 2 rings (SSSR count). The Kier molecular flexibility index (Phi) is 5.55. The van der Waals surface area contributed by atoms with Crippen LogP contribution in [0.25, 0.3) is 0 Å². The number of carboxylic acids is 1. The Bertz CT molecular complexity index is 437. The molecule has 1 aliphatic carbocycles. The lowest BCUT2D eigenvalue weighted by atomic mass is 10.2. The van der Waals surface area contributed by atoms with Crippen molar-refractivity contribution in [3.63, 3.8) is 0 Å². The Hall–Kier alpha value is -0.710. The van der Waals surface area contributed by atoms with Crippen LogP contribution in [0.4, 0.5) is 0 Å². The maximum Gasteiger partial charge on any atom is 0.320 e. The standard InChI is InChI=1S/C14H18ClNO2S/c15-12-4-2-1-3-10(12)9-19-8-7-13(14(17)18)16-11-5-6-11/h1-4,11,13,16H,5-9H2,(H,17,18). The number of hydrogen-bond donors (Lipinski definition) is 2. The summed E-state index contributed by atoms with van der Waals surface area (Å²) < 4.78 is 0. The van der Waals surface area contributed by atoms with Crippen LogP contribution < -0.4 is 5.32 Å². The van der Waals surface area contributed by atoms with E-state index in [9.17, 15) is 4.79 Å². The Morgan fingerprint density at radius 2 is 2.21 bits per heavy atom. The second-order valence-electron chi connectivity index (χ2n) is 4.76. The summed E-state index contributed by atoms with van der Waals surface area (Å²) in [6.45, 7) is 0. The van der Waals surface area contributed by atoms with Crippen LogP contribution in [0.15, 0.2) is 24.3 Å². The van der Waals surface area contributed by atoms with Gasteiger partial charge in [0.05, 0.1) is 0 Å². The lowest BCUT2D eigenvalue weighted by Gasteiger charge is -2.13. The number of carbonyl (C=O) groups is 1. The molecule has 0 aliphatic heterocycles. The van der Waals surface area contributed by atoms with Crippen LogP contribution >= 0.6 is 23.4 Å². The molecule has 0 heterocycles. The summed E-state index contributed by atoms with van der Waals surface area (Å²) >= 11 is 7.80. The lowest BCUT2D eigenvalue weighted by Crippen LogP contribution is -2.38. The lowest BCUT2D eigenvalue weighted by molar-refractivity contribution is -0.139. The summed E-state index contributed by atoms with van der Waals surface area (Å²) in [4.78, 5) is 11.1. The monoisotopic (exact) mass is 299 g/mol. The summed E-state index contributed by atoms with van der Waals surface area (Å²) in [6, 6.07) is 7.78. The van der Waals surface area contributed by atoms with Crippen LogP contribution in [0.3, 0.4) is 0 Å². The summed E-state index contributed by atoms with van der Waals surface area (Å²) in [5.41, 5.74) is 1.11. The molecule has 0 spiro atoms. The fraction of sp³-hybridized carbons (Fsp3) is 0.500. The predicted molar refractivity (Wildman–Crippen MR) is 79.8 cm³/mol. The number of carboxylic acid groups (broad SMARTS) is 1. The molecule has 0 bridgehead atoms. The molecule has 1 fully saturated rings. The smallest absolute Gasteiger partial charge is 0.320 e. The van der Waals surface area contributed by atoms with E-state index in [1.165, 1.54) is 0 Å². The summed E-state index contributed by atoms with van der Waals surface area (Å²) in [6.07, 6.45) is 2.87. The van der Waals surface area contributed by atoms with Crippen molar-refractivity contribution in [3.05, 3.63) is 34.9 Å². The SMILES string of the molecule is O=C(O)C(CCSCc1ccccc1Cl)NC1CC1. The molecule has 1 aromatic carbocycles. The molecule has 1 aliphatic rings. The van der Waals surface area contributed by atoms with Crippen LogP contribution in [0.1, 0.15) is 24.8 Å². The average molecular weight is 300 g/mol. The van der Waals surface area contributed by atoms with E-state index < -0.39 is 12.0 Å². The van der Waals surface area contributed by atoms with Crippen molar-refractivity contribution in [2.75, 3.05) is 5.75 Å². The highest BCUT2D eigenvalue weighted by molar-refractivity contribution is 7.98. The normalized spacial score (nSPS) is 16.3. The van der Waals surface area contributed by atoms with Gasteiger partial charge in [-0.25, -0.2) is 0 Å². The van der Waals surface area contributed by atoms with Gasteiger partial charge in [-0.2, -0.15) is 11.8 Å². The number of rotatable bonds is 8. The fourth-order valence-corrected chi connectivity index (χ4v) is 3.11. The van der Waals surface area contributed by atoms with Crippen LogP contribution in [-0.2, 0) is 10.5 Å². The van der Waals surface area contributed by atoms with Gasteiger partial charge in [0.25, 0.3) is 0 Å². The first kappa shape index (κ1) is 14.7. The van der Waals surface area contributed by atoms with Crippen LogP contribution in [0.2, 0.25) is 5.02 Å². The Morgan fingerprint density at radius 1 is 1.47 bits per heavy atom. The zero-order valence-corrected chi connectivity index (χ0v) is 12.2.